The van der Waals surface area contributed by atoms with E-state index in [0.717, 1.165) is 0 Å². The largest absolute Gasteiger partial charge is 0.468 e. The molecule has 1 unspecified atom stereocenters. The van der Waals surface area contributed by atoms with Gasteiger partial charge in [0.2, 0.25) is 5.91 Å². The molecule has 0 aliphatic carbocycles. The van der Waals surface area contributed by atoms with E-state index >= 15 is 0 Å². The molecular formula is C15H19ClN2O4. The predicted octanol–water partition coefficient (Wildman–Crippen LogP) is 1.38. The summed E-state index contributed by atoms with van der Waals surface area (Å²) in [6, 6.07) is 5.78. The maximum Gasteiger partial charge on any atom is 0.325 e. The molecule has 0 aliphatic heterocycles. The Balaban J connectivity index is 2.76. The Morgan fingerprint density at radius 3 is 2.41 bits per heavy atom. The van der Waals surface area contributed by atoms with Crippen LogP contribution in [0.25, 0.3) is 0 Å². The molecule has 22 heavy (non-hydrogen) atoms. The average molecular weight is 327 g/mol. The summed E-state index contributed by atoms with van der Waals surface area (Å²) in [5.74, 6) is -1.63. The molecule has 7 heteroatoms. The number of esters is 1. The first-order valence-corrected chi connectivity index (χ1v) is 7.14. The molecule has 0 spiro atoms. The highest BCUT2D eigenvalue weighted by atomic mass is 35.5. The Morgan fingerprint density at radius 1 is 1.23 bits per heavy atom. The first-order valence-electron chi connectivity index (χ1n) is 6.76. The van der Waals surface area contributed by atoms with E-state index in [4.69, 9.17) is 11.6 Å². The maximum absolute atomic E-state index is 12.2. The maximum atomic E-state index is 12.2. The van der Waals surface area contributed by atoms with Crippen LogP contribution in [-0.2, 0) is 14.3 Å². The van der Waals surface area contributed by atoms with Crippen LogP contribution in [0.3, 0.4) is 0 Å². The molecule has 1 rings (SSSR count). The number of rotatable bonds is 6. The number of hydrogen-bond donors (Lipinski definition) is 2. The van der Waals surface area contributed by atoms with Gasteiger partial charge in [0.1, 0.15) is 12.6 Å². The van der Waals surface area contributed by atoms with E-state index in [1.54, 1.807) is 38.1 Å². The number of nitrogens with one attached hydrogen (secondary N) is 2. The lowest BCUT2D eigenvalue weighted by Crippen LogP contribution is -2.50. The second kappa shape index (κ2) is 8.38. The number of benzene rings is 1. The molecule has 0 saturated heterocycles. The normalized spacial score (nSPS) is 11.7. The van der Waals surface area contributed by atoms with Gasteiger partial charge in [0.05, 0.1) is 17.7 Å². The van der Waals surface area contributed by atoms with Crippen LogP contribution in [0.2, 0.25) is 5.02 Å². The summed E-state index contributed by atoms with van der Waals surface area (Å²) in [5.41, 5.74) is 0.288. The predicted molar refractivity (Wildman–Crippen MR) is 82.6 cm³/mol. The Bertz CT molecular complexity index is 560. The smallest absolute Gasteiger partial charge is 0.325 e. The molecule has 0 aromatic heterocycles. The van der Waals surface area contributed by atoms with Crippen molar-refractivity contribution in [3.8, 4) is 0 Å². The first-order chi connectivity index (χ1) is 10.4. The highest BCUT2D eigenvalue weighted by Gasteiger charge is 2.25. The van der Waals surface area contributed by atoms with Gasteiger partial charge >= 0.3 is 5.97 Å². The molecular weight excluding hydrogens is 308 g/mol. The lowest BCUT2D eigenvalue weighted by Gasteiger charge is -2.21. The number of carbonyl (C=O) groups excluding carboxylic acids is 3. The minimum absolute atomic E-state index is 0.163. The van der Waals surface area contributed by atoms with E-state index in [9.17, 15) is 14.4 Å². The van der Waals surface area contributed by atoms with Gasteiger partial charge in [-0.3, -0.25) is 14.4 Å². The molecule has 2 N–H and O–H groups in total. The van der Waals surface area contributed by atoms with E-state index in [1.807, 2.05) is 0 Å². The van der Waals surface area contributed by atoms with Gasteiger partial charge in [-0.2, -0.15) is 0 Å². The Kier molecular flexibility index (Phi) is 6.85. The van der Waals surface area contributed by atoms with Crippen molar-refractivity contribution in [2.24, 2.45) is 5.92 Å². The summed E-state index contributed by atoms with van der Waals surface area (Å²) in [7, 11) is 1.23. The lowest BCUT2D eigenvalue weighted by molar-refractivity contribution is -0.141. The fourth-order valence-corrected chi connectivity index (χ4v) is 1.96. The number of hydrogen-bond acceptors (Lipinski definition) is 4. The van der Waals surface area contributed by atoms with Crippen molar-refractivity contribution in [2.75, 3.05) is 13.7 Å². The zero-order chi connectivity index (χ0) is 16.7. The first kappa shape index (κ1) is 18.0. The highest BCUT2D eigenvalue weighted by Crippen LogP contribution is 2.15. The Morgan fingerprint density at radius 2 is 1.86 bits per heavy atom. The molecule has 1 aromatic rings. The highest BCUT2D eigenvalue weighted by molar-refractivity contribution is 6.33. The van der Waals surface area contributed by atoms with Crippen molar-refractivity contribution in [2.45, 2.75) is 19.9 Å². The molecule has 120 valence electrons. The Labute approximate surface area is 134 Å². The lowest BCUT2D eigenvalue weighted by atomic mass is 10.0. The van der Waals surface area contributed by atoms with Gasteiger partial charge in [-0.05, 0) is 18.1 Å². The molecule has 0 heterocycles. The monoisotopic (exact) mass is 326 g/mol. The van der Waals surface area contributed by atoms with Crippen LogP contribution in [0, 0.1) is 5.92 Å². The minimum Gasteiger partial charge on any atom is -0.468 e. The van der Waals surface area contributed by atoms with Crippen LogP contribution in [-0.4, -0.2) is 37.5 Å². The number of methoxy groups -OCH3 is 1. The number of ether oxygens (including phenoxy) is 1. The van der Waals surface area contributed by atoms with E-state index in [2.05, 4.69) is 15.4 Å². The fourth-order valence-electron chi connectivity index (χ4n) is 1.74. The molecule has 1 atom stereocenters. The standard InChI is InChI=1S/C15H19ClN2O4/c1-9(2)13(15(21)17-8-12(19)22-3)18-14(20)10-6-4-5-7-11(10)16/h4-7,9,13H,8H2,1-3H3,(H,17,21)(H,18,20). The van der Waals surface area contributed by atoms with Gasteiger partial charge in [0, 0.05) is 0 Å². The summed E-state index contributed by atoms with van der Waals surface area (Å²) in [4.78, 5) is 35.4. The van der Waals surface area contributed by atoms with E-state index in [1.165, 1.54) is 7.11 Å². The van der Waals surface area contributed by atoms with E-state index in [-0.39, 0.29) is 18.0 Å². The quantitative estimate of drug-likeness (QED) is 0.774. The van der Waals surface area contributed by atoms with Crippen molar-refractivity contribution in [3.63, 3.8) is 0 Å². The van der Waals surface area contributed by atoms with Crippen LogP contribution in [0.15, 0.2) is 24.3 Å². The second-order valence-corrected chi connectivity index (χ2v) is 5.38. The molecule has 0 radical (unpaired) electrons. The van der Waals surface area contributed by atoms with Crippen molar-refractivity contribution in [1.82, 2.24) is 10.6 Å². The van der Waals surface area contributed by atoms with E-state index < -0.39 is 23.8 Å². The third-order valence-corrected chi connectivity index (χ3v) is 3.32. The summed E-state index contributed by atoms with van der Waals surface area (Å²) in [5, 5.41) is 5.36. The van der Waals surface area contributed by atoms with Crippen molar-refractivity contribution < 1.29 is 19.1 Å². The van der Waals surface area contributed by atoms with Crippen molar-refractivity contribution in [3.05, 3.63) is 34.9 Å². The third-order valence-electron chi connectivity index (χ3n) is 2.99. The van der Waals surface area contributed by atoms with E-state index in [0.29, 0.717) is 5.02 Å². The number of carbonyl (C=O) groups is 3. The second-order valence-electron chi connectivity index (χ2n) is 4.97. The van der Waals surface area contributed by atoms with Crippen LogP contribution < -0.4 is 10.6 Å². The fraction of sp³-hybridized carbons (Fsp3) is 0.400. The topological polar surface area (TPSA) is 84.5 Å². The molecule has 0 fully saturated rings. The van der Waals surface area contributed by atoms with Gasteiger partial charge in [0.15, 0.2) is 0 Å². The van der Waals surface area contributed by atoms with Gasteiger partial charge in [-0.15, -0.1) is 0 Å². The molecule has 2 amide bonds. The molecule has 0 bridgehead atoms. The number of amides is 2. The molecule has 6 nitrogen and oxygen atoms in total. The van der Waals surface area contributed by atoms with Crippen LogP contribution in [0.5, 0.6) is 0 Å². The third kappa shape index (κ3) is 5.04. The molecule has 1 aromatic carbocycles. The van der Waals surface area contributed by atoms with Crippen LogP contribution in [0.4, 0.5) is 0 Å². The van der Waals surface area contributed by atoms with Crippen molar-refractivity contribution >= 4 is 29.4 Å². The SMILES string of the molecule is COC(=O)CNC(=O)C(NC(=O)c1ccccc1Cl)C(C)C. The summed E-state index contributed by atoms with van der Waals surface area (Å²) >= 11 is 5.96. The van der Waals surface area contributed by atoms with Gasteiger partial charge in [-0.1, -0.05) is 37.6 Å². The number of halogens is 1. The van der Waals surface area contributed by atoms with Gasteiger partial charge < -0.3 is 15.4 Å². The van der Waals surface area contributed by atoms with Crippen LogP contribution >= 0.6 is 11.6 Å². The summed E-state index contributed by atoms with van der Waals surface area (Å²) in [6.07, 6.45) is 0. The van der Waals surface area contributed by atoms with Crippen LogP contribution in [0.1, 0.15) is 24.2 Å². The zero-order valence-corrected chi connectivity index (χ0v) is 13.4. The average Bonchev–Trinajstić information content (AvgIpc) is 2.49. The molecule has 0 aliphatic rings. The minimum atomic E-state index is -0.784. The van der Waals surface area contributed by atoms with Gasteiger partial charge in [-0.25, -0.2) is 0 Å². The Hall–Kier alpha value is -2.08. The molecule has 0 saturated carbocycles. The summed E-state index contributed by atoms with van der Waals surface area (Å²) in [6.45, 7) is 3.32. The van der Waals surface area contributed by atoms with Crippen molar-refractivity contribution in [1.29, 1.82) is 0 Å². The summed E-state index contributed by atoms with van der Waals surface area (Å²) < 4.78 is 4.45. The van der Waals surface area contributed by atoms with Gasteiger partial charge in [0.25, 0.3) is 5.91 Å². The zero-order valence-electron chi connectivity index (χ0n) is 12.7.